The molecule has 0 bridgehead atoms. The van der Waals surface area contributed by atoms with E-state index in [4.69, 9.17) is 4.74 Å². The molecule has 1 aromatic heterocycles. The van der Waals surface area contributed by atoms with Crippen LogP contribution in [0.15, 0.2) is 36.5 Å². The highest BCUT2D eigenvalue weighted by Crippen LogP contribution is 2.26. The zero-order valence-corrected chi connectivity index (χ0v) is 15.5. The van der Waals surface area contributed by atoms with E-state index in [1.54, 1.807) is 18.3 Å². The summed E-state index contributed by atoms with van der Waals surface area (Å²) in [6.45, 7) is 5.63. The number of anilines is 2. The van der Waals surface area contributed by atoms with E-state index in [-0.39, 0.29) is 12.0 Å². The van der Waals surface area contributed by atoms with Gasteiger partial charge in [-0.25, -0.2) is 4.98 Å². The molecule has 138 valence electrons. The Morgan fingerprint density at radius 2 is 2.00 bits per heavy atom. The Morgan fingerprint density at radius 1 is 1.23 bits per heavy atom. The second kappa shape index (κ2) is 8.81. The van der Waals surface area contributed by atoms with Crippen LogP contribution in [0, 0.1) is 0 Å². The predicted octanol–water partition coefficient (Wildman–Crippen LogP) is 3.86. The molecule has 0 saturated carbocycles. The summed E-state index contributed by atoms with van der Waals surface area (Å²) < 4.78 is 5.55. The van der Waals surface area contributed by atoms with Gasteiger partial charge in [0.2, 0.25) is 0 Å². The fourth-order valence-electron chi connectivity index (χ4n) is 3.29. The second-order valence-corrected chi connectivity index (χ2v) is 6.56. The standard InChI is InChI=1S/C21H27N3O2/c1-3-15-7-5-8-16(4-2)20(15)24-19-13-17(10-11-22-19)21(25)23-14-18-9-6-12-26-18/h5,7-8,10-11,13,18H,3-4,6,9,12,14H2,1-2H3,(H,22,24)(H,23,25). The van der Waals surface area contributed by atoms with Gasteiger partial charge in [-0.1, -0.05) is 32.0 Å². The van der Waals surface area contributed by atoms with Gasteiger partial charge in [-0.15, -0.1) is 0 Å². The van der Waals surface area contributed by atoms with Crippen molar-refractivity contribution in [2.45, 2.75) is 45.6 Å². The van der Waals surface area contributed by atoms with Crippen LogP contribution in [0.4, 0.5) is 11.5 Å². The van der Waals surface area contributed by atoms with Gasteiger partial charge >= 0.3 is 0 Å². The summed E-state index contributed by atoms with van der Waals surface area (Å²) in [5.74, 6) is 0.593. The molecule has 3 rings (SSSR count). The highest BCUT2D eigenvalue weighted by Gasteiger charge is 2.17. The monoisotopic (exact) mass is 353 g/mol. The Bertz CT molecular complexity index is 732. The molecule has 2 N–H and O–H groups in total. The molecule has 5 heteroatoms. The minimum Gasteiger partial charge on any atom is -0.376 e. The minimum atomic E-state index is -0.0922. The number of amides is 1. The summed E-state index contributed by atoms with van der Waals surface area (Å²) in [6.07, 6.45) is 5.78. The lowest BCUT2D eigenvalue weighted by molar-refractivity contribution is 0.0857. The number of para-hydroxylation sites is 1. The summed E-state index contributed by atoms with van der Waals surface area (Å²) in [4.78, 5) is 16.8. The first-order valence-electron chi connectivity index (χ1n) is 9.45. The molecule has 0 aliphatic carbocycles. The maximum absolute atomic E-state index is 12.4. The number of hydrogen-bond acceptors (Lipinski definition) is 4. The molecule has 1 saturated heterocycles. The number of benzene rings is 1. The predicted molar refractivity (Wildman–Crippen MR) is 104 cm³/mol. The first-order chi connectivity index (χ1) is 12.7. The SMILES string of the molecule is CCc1cccc(CC)c1Nc1cc(C(=O)NCC2CCCO2)ccn1. The molecule has 5 nitrogen and oxygen atoms in total. The Morgan fingerprint density at radius 3 is 2.65 bits per heavy atom. The van der Waals surface area contributed by atoms with E-state index >= 15 is 0 Å². The quantitative estimate of drug-likeness (QED) is 0.793. The second-order valence-electron chi connectivity index (χ2n) is 6.56. The normalized spacial score (nSPS) is 16.5. The number of hydrogen-bond donors (Lipinski definition) is 2. The topological polar surface area (TPSA) is 63.2 Å². The van der Waals surface area contributed by atoms with Crippen LogP contribution in [-0.2, 0) is 17.6 Å². The number of carbonyl (C=O) groups is 1. The summed E-state index contributed by atoms with van der Waals surface area (Å²) >= 11 is 0. The molecule has 1 aromatic carbocycles. The first kappa shape index (κ1) is 18.4. The van der Waals surface area contributed by atoms with Crippen molar-refractivity contribution < 1.29 is 9.53 Å². The molecular formula is C21H27N3O2. The highest BCUT2D eigenvalue weighted by molar-refractivity contribution is 5.95. The number of aromatic nitrogens is 1. The summed E-state index contributed by atoms with van der Waals surface area (Å²) in [5.41, 5.74) is 4.20. The molecule has 0 spiro atoms. The van der Waals surface area contributed by atoms with Crippen molar-refractivity contribution in [3.8, 4) is 0 Å². The lowest BCUT2D eigenvalue weighted by Gasteiger charge is -2.15. The fraction of sp³-hybridized carbons (Fsp3) is 0.429. The Labute approximate surface area is 155 Å². The van der Waals surface area contributed by atoms with Crippen LogP contribution in [0.25, 0.3) is 0 Å². The number of carbonyl (C=O) groups excluding carboxylic acids is 1. The van der Waals surface area contributed by atoms with Gasteiger partial charge in [0.15, 0.2) is 0 Å². The molecular weight excluding hydrogens is 326 g/mol. The molecule has 1 aliphatic rings. The third-order valence-electron chi connectivity index (χ3n) is 4.79. The molecule has 1 unspecified atom stereocenters. The van der Waals surface area contributed by atoms with Crippen LogP contribution in [-0.4, -0.2) is 30.1 Å². The third-order valence-corrected chi connectivity index (χ3v) is 4.79. The Hall–Kier alpha value is -2.40. The van der Waals surface area contributed by atoms with E-state index in [0.717, 1.165) is 38.0 Å². The largest absolute Gasteiger partial charge is 0.376 e. The molecule has 1 atom stereocenters. The highest BCUT2D eigenvalue weighted by atomic mass is 16.5. The van der Waals surface area contributed by atoms with Crippen molar-refractivity contribution in [1.82, 2.24) is 10.3 Å². The number of pyridine rings is 1. The van der Waals surface area contributed by atoms with E-state index in [9.17, 15) is 4.79 Å². The van der Waals surface area contributed by atoms with E-state index in [1.165, 1.54) is 11.1 Å². The first-order valence-corrected chi connectivity index (χ1v) is 9.45. The van der Waals surface area contributed by atoms with Gasteiger partial charge in [0, 0.05) is 30.6 Å². The molecule has 26 heavy (non-hydrogen) atoms. The van der Waals surface area contributed by atoms with Gasteiger partial charge in [-0.05, 0) is 48.9 Å². The smallest absolute Gasteiger partial charge is 0.251 e. The fourth-order valence-corrected chi connectivity index (χ4v) is 3.29. The Balaban J connectivity index is 1.72. The van der Waals surface area contributed by atoms with Crippen molar-refractivity contribution in [3.63, 3.8) is 0 Å². The van der Waals surface area contributed by atoms with Crippen molar-refractivity contribution in [3.05, 3.63) is 53.2 Å². The van der Waals surface area contributed by atoms with Crippen molar-refractivity contribution >= 4 is 17.4 Å². The van der Waals surface area contributed by atoms with E-state index in [1.807, 2.05) is 0 Å². The van der Waals surface area contributed by atoms with Crippen LogP contribution in [0.5, 0.6) is 0 Å². The summed E-state index contributed by atoms with van der Waals surface area (Å²) in [6, 6.07) is 9.88. The van der Waals surface area contributed by atoms with Crippen molar-refractivity contribution in [1.29, 1.82) is 0 Å². The molecule has 1 fully saturated rings. The van der Waals surface area contributed by atoms with E-state index in [0.29, 0.717) is 17.9 Å². The maximum atomic E-state index is 12.4. The van der Waals surface area contributed by atoms with Gasteiger partial charge in [0.1, 0.15) is 5.82 Å². The third kappa shape index (κ3) is 4.41. The van der Waals surface area contributed by atoms with Gasteiger partial charge in [-0.3, -0.25) is 4.79 Å². The minimum absolute atomic E-state index is 0.0922. The molecule has 0 radical (unpaired) electrons. The molecule has 2 heterocycles. The lowest BCUT2D eigenvalue weighted by atomic mass is 10.0. The average molecular weight is 353 g/mol. The van der Waals surface area contributed by atoms with Gasteiger partial charge in [0.05, 0.1) is 6.10 Å². The lowest BCUT2D eigenvalue weighted by Crippen LogP contribution is -2.31. The van der Waals surface area contributed by atoms with Crippen LogP contribution < -0.4 is 10.6 Å². The van der Waals surface area contributed by atoms with E-state index in [2.05, 4.69) is 47.7 Å². The van der Waals surface area contributed by atoms with Crippen LogP contribution in [0.1, 0.15) is 48.2 Å². The number of ether oxygens (including phenoxy) is 1. The molecule has 2 aromatic rings. The van der Waals surface area contributed by atoms with Crippen LogP contribution in [0.3, 0.4) is 0 Å². The number of aryl methyl sites for hydroxylation is 2. The van der Waals surface area contributed by atoms with Gasteiger partial charge in [-0.2, -0.15) is 0 Å². The number of nitrogens with one attached hydrogen (secondary N) is 2. The zero-order chi connectivity index (χ0) is 18.4. The van der Waals surface area contributed by atoms with Crippen molar-refractivity contribution in [2.75, 3.05) is 18.5 Å². The summed E-state index contributed by atoms with van der Waals surface area (Å²) in [5, 5.41) is 6.38. The summed E-state index contributed by atoms with van der Waals surface area (Å²) in [7, 11) is 0. The zero-order valence-electron chi connectivity index (χ0n) is 15.5. The number of rotatable bonds is 7. The average Bonchev–Trinajstić information content (AvgIpc) is 3.20. The van der Waals surface area contributed by atoms with Crippen molar-refractivity contribution in [2.24, 2.45) is 0 Å². The molecule has 1 aliphatic heterocycles. The number of nitrogens with zero attached hydrogens (tertiary/aromatic N) is 1. The maximum Gasteiger partial charge on any atom is 0.251 e. The van der Waals surface area contributed by atoms with Gasteiger partial charge in [0.25, 0.3) is 5.91 Å². The van der Waals surface area contributed by atoms with Gasteiger partial charge < -0.3 is 15.4 Å². The van der Waals surface area contributed by atoms with E-state index < -0.39 is 0 Å². The molecule has 1 amide bonds. The van der Waals surface area contributed by atoms with Crippen LogP contribution >= 0.6 is 0 Å². The Kier molecular flexibility index (Phi) is 6.23. The van der Waals surface area contributed by atoms with Crippen LogP contribution in [0.2, 0.25) is 0 Å².